The SMILES string of the molecule is CCc1nc(CC(=O)N2CCC[C@H](c3cc(C)[nH]n3)C2)cs1. The number of aromatic amines is 1. The van der Waals surface area contributed by atoms with Crippen molar-refractivity contribution < 1.29 is 4.79 Å². The Hall–Kier alpha value is -1.69. The first-order valence-corrected chi connectivity index (χ1v) is 8.76. The summed E-state index contributed by atoms with van der Waals surface area (Å²) in [6, 6.07) is 2.09. The Labute approximate surface area is 134 Å². The summed E-state index contributed by atoms with van der Waals surface area (Å²) in [5.41, 5.74) is 3.06. The number of hydrogen-bond acceptors (Lipinski definition) is 4. The van der Waals surface area contributed by atoms with E-state index in [9.17, 15) is 4.79 Å². The number of likely N-dealkylation sites (tertiary alicyclic amines) is 1. The van der Waals surface area contributed by atoms with Crippen molar-refractivity contribution in [1.82, 2.24) is 20.1 Å². The van der Waals surface area contributed by atoms with Gasteiger partial charge in [-0.25, -0.2) is 4.98 Å². The Morgan fingerprint density at radius 3 is 3.09 bits per heavy atom. The minimum atomic E-state index is 0.185. The van der Waals surface area contributed by atoms with Gasteiger partial charge in [0, 0.05) is 30.1 Å². The molecule has 2 aromatic rings. The zero-order valence-electron chi connectivity index (χ0n) is 13.1. The van der Waals surface area contributed by atoms with E-state index in [4.69, 9.17) is 0 Å². The smallest absolute Gasteiger partial charge is 0.228 e. The van der Waals surface area contributed by atoms with Crippen LogP contribution >= 0.6 is 11.3 Å². The van der Waals surface area contributed by atoms with Crippen LogP contribution in [0.1, 0.15) is 47.8 Å². The number of aromatic nitrogens is 3. The zero-order valence-corrected chi connectivity index (χ0v) is 13.9. The summed E-state index contributed by atoms with van der Waals surface area (Å²) in [7, 11) is 0. The summed E-state index contributed by atoms with van der Waals surface area (Å²) >= 11 is 1.64. The van der Waals surface area contributed by atoms with Gasteiger partial charge in [-0.3, -0.25) is 9.89 Å². The lowest BCUT2D eigenvalue weighted by atomic mass is 9.94. The summed E-state index contributed by atoms with van der Waals surface area (Å²) in [4.78, 5) is 19.0. The molecule has 0 unspecified atom stereocenters. The standard InChI is InChI=1S/C16H22N4OS/c1-3-15-17-13(10-22-15)8-16(21)20-6-4-5-12(9-20)14-7-11(2)18-19-14/h7,10,12H,3-6,8-9H2,1-2H3,(H,18,19)/t12-/m0/s1. The molecule has 0 spiro atoms. The summed E-state index contributed by atoms with van der Waals surface area (Å²) in [5, 5.41) is 10.5. The molecule has 6 heteroatoms. The second-order valence-electron chi connectivity index (χ2n) is 5.92. The van der Waals surface area contributed by atoms with Gasteiger partial charge in [-0.15, -0.1) is 11.3 Å². The van der Waals surface area contributed by atoms with E-state index in [2.05, 4.69) is 28.2 Å². The van der Waals surface area contributed by atoms with E-state index >= 15 is 0 Å². The van der Waals surface area contributed by atoms with Crippen LogP contribution in [0.15, 0.2) is 11.4 Å². The van der Waals surface area contributed by atoms with E-state index in [1.54, 1.807) is 11.3 Å². The van der Waals surface area contributed by atoms with Crippen molar-refractivity contribution in [2.24, 2.45) is 0 Å². The van der Waals surface area contributed by atoms with Crippen molar-refractivity contribution >= 4 is 17.2 Å². The van der Waals surface area contributed by atoms with Crippen molar-refractivity contribution in [1.29, 1.82) is 0 Å². The first-order chi connectivity index (χ1) is 10.7. The van der Waals surface area contributed by atoms with Gasteiger partial charge in [-0.2, -0.15) is 5.10 Å². The lowest BCUT2D eigenvalue weighted by molar-refractivity contribution is -0.131. The predicted octanol–water partition coefficient (Wildman–Crippen LogP) is 2.69. The Morgan fingerprint density at radius 2 is 2.41 bits per heavy atom. The second-order valence-corrected chi connectivity index (χ2v) is 6.86. The fourth-order valence-corrected chi connectivity index (χ4v) is 3.70. The largest absolute Gasteiger partial charge is 0.342 e. The molecule has 118 valence electrons. The number of amides is 1. The molecule has 0 radical (unpaired) electrons. The number of H-pyrrole nitrogens is 1. The number of nitrogens with one attached hydrogen (secondary N) is 1. The van der Waals surface area contributed by atoms with Gasteiger partial charge in [0.05, 0.1) is 22.8 Å². The first kappa shape index (κ1) is 15.2. The van der Waals surface area contributed by atoms with Gasteiger partial charge in [0.2, 0.25) is 5.91 Å². The fourth-order valence-electron chi connectivity index (χ4n) is 2.95. The van der Waals surface area contributed by atoms with Gasteiger partial charge in [-0.1, -0.05) is 6.92 Å². The Kier molecular flexibility index (Phi) is 4.57. The number of carbonyl (C=O) groups excluding carboxylic acids is 1. The monoisotopic (exact) mass is 318 g/mol. The van der Waals surface area contributed by atoms with E-state index in [-0.39, 0.29) is 5.91 Å². The molecule has 1 amide bonds. The summed E-state index contributed by atoms with van der Waals surface area (Å²) in [6.07, 6.45) is 3.50. The van der Waals surface area contributed by atoms with Crippen LogP contribution in [0.25, 0.3) is 0 Å². The topological polar surface area (TPSA) is 61.9 Å². The van der Waals surface area contributed by atoms with Gasteiger partial charge in [0.25, 0.3) is 0 Å². The molecular weight excluding hydrogens is 296 g/mol. The highest BCUT2D eigenvalue weighted by atomic mass is 32.1. The van der Waals surface area contributed by atoms with Gasteiger partial charge < -0.3 is 4.90 Å². The zero-order chi connectivity index (χ0) is 15.5. The quantitative estimate of drug-likeness (QED) is 0.943. The van der Waals surface area contributed by atoms with Gasteiger partial charge in [0.15, 0.2) is 0 Å². The number of piperidine rings is 1. The van der Waals surface area contributed by atoms with E-state index < -0.39 is 0 Å². The van der Waals surface area contributed by atoms with Crippen LogP contribution in [0.4, 0.5) is 0 Å². The number of thiazole rings is 1. The third-order valence-electron chi connectivity index (χ3n) is 4.15. The molecule has 0 saturated carbocycles. The van der Waals surface area contributed by atoms with E-state index in [1.807, 2.05) is 17.2 Å². The molecule has 1 aliphatic heterocycles. The predicted molar refractivity (Wildman–Crippen MR) is 87.1 cm³/mol. The summed E-state index contributed by atoms with van der Waals surface area (Å²) < 4.78 is 0. The maximum Gasteiger partial charge on any atom is 0.228 e. The number of hydrogen-bond donors (Lipinski definition) is 1. The number of rotatable bonds is 4. The van der Waals surface area contributed by atoms with Crippen molar-refractivity contribution in [3.63, 3.8) is 0 Å². The van der Waals surface area contributed by atoms with E-state index in [0.717, 1.165) is 54.4 Å². The molecule has 3 rings (SSSR count). The van der Waals surface area contributed by atoms with E-state index in [0.29, 0.717) is 12.3 Å². The Bertz CT molecular complexity index is 648. The number of carbonyl (C=O) groups is 1. The van der Waals surface area contributed by atoms with Gasteiger partial charge >= 0.3 is 0 Å². The van der Waals surface area contributed by atoms with Crippen molar-refractivity contribution in [3.05, 3.63) is 33.5 Å². The maximum atomic E-state index is 12.5. The molecule has 2 aromatic heterocycles. The highest BCUT2D eigenvalue weighted by molar-refractivity contribution is 7.09. The van der Waals surface area contributed by atoms with Crippen molar-refractivity contribution in [2.45, 2.75) is 45.4 Å². The molecule has 1 saturated heterocycles. The lowest BCUT2D eigenvalue weighted by Gasteiger charge is -2.32. The average molecular weight is 318 g/mol. The second kappa shape index (κ2) is 6.60. The molecule has 3 heterocycles. The van der Waals surface area contributed by atoms with Crippen LogP contribution in [-0.2, 0) is 17.6 Å². The number of nitrogens with zero attached hydrogens (tertiary/aromatic N) is 3. The van der Waals surface area contributed by atoms with Crippen LogP contribution in [0.3, 0.4) is 0 Å². The van der Waals surface area contributed by atoms with Gasteiger partial charge in [-0.05, 0) is 32.3 Å². The molecule has 5 nitrogen and oxygen atoms in total. The molecular formula is C16H22N4OS. The Balaban J connectivity index is 1.62. The third-order valence-corrected chi connectivity index (χ3v) is 5.19. The van der Waals surface area contributed by atoms with Crippen LogP contribution < -0.4 is 0 Å². The highest BCUT2D eigenvalue weighted by Gasteiger charge is 2.26. The summed E-state index contributed by atoms with van der Waals surface area (Å²) in [6.45, 7) is 5.72. The molecule has 1 atom stereocenters. The normalized spacial score (nSPS) is 18.6. The molecule has 0 aliphatic carbocycles. The fraction of sp³-hybridized carbons (Fsp3) is 0.562. The van der Waals surface area contributed by atoms with Gasteiger partial charge in [0.1, 0.15) is 0 Å². The molecule has 0 aromatic carbocycles. The minimum Gasteiger partial charge on any atom is -0.342 e. The third kappa shape index (κ3) is 3.38. The molecule has 1 aliphatic rings. The maximum absolute atomic E-state index is 12.5. The van der Waals surface area contributed by atoms with Crippen LogP contribution in [0.2, 0.25) is 0 Å². The van der Waals surface area contributed by atoms with Crippen molar-refractivity contribution in [3.8, 4) is 0 Å². The molecule has 1 fully saturated rings. The van der Waals surface area contributed by atoms with Crippen LogP contribution in [0, 0.1) is 6.92 Å². The lowest BCUT2D eigenvalue weighted by Crippen LogP contribution is -2.40. The van der Waals surface area contributed by atoms with Crippen LogP contribution in [-0.4, -0.2) is 39.1 Å². The Morgan fingerprint density at radius 1 is 1.55 bits per heavy atom. The molecule has 0 bridgehead atoms. The van der Waals surface area contributed by atoms with Crippen molar-refractivity contribution in [2.75, 3.05) is 13.1 Å². The first-order valence-electron chi connectivity index (χ1n) is 7.88. The summed E-state index contributed by atoms with van der Waals surface area (Å²) in [5.74, 6) is 0.536. The van der Waals surface area contributed by atoms with E-state index in [1.165, 1.54) is 0 Å². The van der Waals surface area contributed by atoms with Crippen LogP contribution in [0.5, 0.6) is 0 Å². The average Bonchev–Trinajstić information content (AvgIpc) is 3.16. The molecule has 1 N–H and O–H groups in total. The number of aryl methyl sites for hydroxylation is 2. The minimum absolute atomic E-state index is 0.185. The highest BCUT2D eigenvalue weighted by Crippen LogP contribution is 2.26. The molecule has 22 heavy (non-hydrogen) atoms.